The number of hydrogen-bond donors (Lipinski definition) is 0. The molecule has 0 bridgehead atoms. The standard InChI is InChI=1S/C22H21N5/c1-15-7-8-19(11-16(15)2)27-22-20(12-25-27)21(23-14-24-22)26-10-9-17-5-3-4-6-18(17)13-26/h3-8,11-12,14H,9-10,13H2,1-2H3. The first-order chi connectivity index (χ1) is 13.2. The fourth-order valence-electron chi connectivity index (χ4n) is 3.81. The summed E-state index contributed by atoms with van der Waals surface area (Å²) in [6.07, 6.45) is 4.57. The highest BCUT2D eigenvalue weighted by molar-refractivity contribution is 5.87. The lowest BCUT2D eigenvalue weighted by Crippen LogP contribution is -2.31. The summed E-state index contributed by atoms with van der Waals surface area (Å²) in [6.45, 7) is 6.07. The van der Waals surface area contributed by atoms with E-state index in [0.717, 1.165) is 42.0 Å². The van der Waals surface area contributed by atoms with Crippen LogP contribution in [0.4, 0.5) is 5.82 Å². The van der Waals surface area contributed by atoms with Crippen molar-refractivity contribution >= 4 is 16.9 Å². The van der Waals surface area contributed by atoms with Gasteiger partial charge in [-0.25, -0.2) is 14.6 Å². The molecular formula is C22H21N5. The van der Waals surface area contributed by atoms with Gasteiger partial charge in [-0.05, 0) is 54.7 Å². The Morgan fingerprint density at radius 1 is 0.926 bits per heavy atom. The number of fused-ring (bicyclic) bond motifs is 2. The molecule has 0 atom stereocenters. The highest BCUT2D eigenvalue weighted by Crippen LogP contribution is 2.29. The van der Waals surface area contributed by atoms with Gasteiger partial charge in [0.05, 0.1) is 17.3 Å². The average Bonchev–Trinajstić information content (AvgIpc) is 3.14. The molecular weight excluding hydrogens is 334 g/mol. The third kappa shape index (κ3) is 2.67. The van der Waals surface area contributed by atoms with E-state index in [9.17, 15) is 0 Å². The van der Waals surface area contributed by atoms with E-state index in [1.807, 2.05) is 10.9 Å². The minimum absolute atomic E-state index is 0.849. The molecule has 0 spiro atoms. The molecule has 5 rings (SSSR count). The van der Waals surface area contributed by atoms with Crippen molar-refractivity contribution in [2.45, 2.75) is 26.8 Å². The van der Waals surface area contributed by atoms with Gasteiger partial charge in [-0.15, -0.1) is 0 Å². The number of rotatable bonds is 2. The van der Waals surface area contributed by atoms with E-state index in [2.05, 4.69) is 76.3 Å². The Morgan fingerprint density at radius 2 is 1.78 bits per heavy atom. The van der Waals surface area contributed by atoms with Crippen molar-refractivity contribution in [2.24, 2.45) is 0 Å². The normalized spacial score (nSPS) is 13.8. The van der Waals surface area contributed by atoms with E-state index >= 15 is 0 Å². The second-order valence-electron chi connectivity index (χ2n) is 7.20. The maximum absolute atomic E-state index is 4.62. The molecule has 0 radical (unpaired) electrons. The molecule has 2 aromatic heterocycles. The van der Waals surface area contributed by atoms with Crippen LogP contribution in [-0.4, -0.2) is 26.3 Å². The first kappa shape index (κ1) is 16.0. The topological polar surface area (TPSA) is 46.8 Å². The molecule has 0 saturated heterocycles. The summed E-state index contributed by atoms with van der Waals surface area (Å²) < 4.78 is 1.91. The summed E-state index contributed by atoms with van der Waals surface area (Å²) in [5.74, 6) is 0.963. The summed E-state index contributed by atoms with van der Waals surface area (Å²) in [6, 6.07) is 15.0. The molecule has 0 amide bonds. The molecule has 134 valence electrons. The van der Waals surface area contributed by atoms with Crippen molar-refractivity contribution in [3.8, 4) is 5.69 Å². The van der Waals surface area contributed by atoms with Gasteiger partial charge in [0.1, 0.15) is 12.1 Å². The number of aromatic nitrogens is 4. The molecule has 3 heterocycles. The van der Waals surface area contributed by atoms with Crippen LogP contribution in [0.25, 0.3) is 16.7 Å². The van der Waals surface area contributed by atoms with Crippen LogP contribution < -0.4 is 4.90 Å². The number of anilines is 1. The molecule has 4 aromatic rings. The van der Waals surface area contributed by atoms with Crippen LogP contribution in [0.5, 0.6) is 0 Å². The van der Waals surface area contributed by atoms with Crippen molar-refractivity contribution in [1.82, 2.24) is 19.7 Å². The van der Waals surface area contributed by atoms with E-state index in [1.165, 1.54) is 22.3 Å². The van der Waals surface area contributed by atoms with Crippen LogP contribution >= 0.6 is 0 Å². The predicted octanol–water partition coefficient (Wildman–Crippen LogP) is 4.00. The zero-order chi connectivity index (χ0) is 18.4. The third-order valence-electron chi connectivity index (χ3n) is 5.51. The molecule has 0 N–H and O–H groups in total. The Morgan fingerprint density at radius 3 is 2.63 bits per heavy atom. The van der Waals surface area contributed by atoms with Gasteiger partial charge in [-0.2, -0.15) is 5.10 Å². The zero-order valence-electron chi connectivity index (χ0n) is 15.6. The van der Waals surface area contributed by atoms with Gasteiger partial charge in [0, 0.05) is 13.1 Å². The molecule has 0 fully saturated rings. The van der Waals surface area contributed by atoms with Crippen molar-refractivity contribution in [1.29, 1.82) is 0 Å². The monoisotopic (exact) mass is 355 g/mol. The van der Waals surface area contributed by atoms with E-state index in [1.54, 1.807) is 6.33 Å². The summed E-state index contributed by atoms with van der Waals surface area (Å²) in [4.78, 5) is 11.5. The van der Waals surface area contributed by atoms with Gasteiger partial charge in [0.15, 0.2) is 5.65 Å². The second-order valence-corrected chi connectivity index (χ2v) is 7.20. The molecule has 27 heavy (non-hydrogen) atoms. The fraction of sp³-hybridized carbons (Fsp3) is 0.227. The van der Waals surface area contributed by atoms with Crippen molar-refractivity contribution < 1.29 is 0 Å². The highest BCUT2D eigenvalue weighted by Gasteiger charge is 2.21. The van der Waals surface area contributed by atoms with Crippen LogP contribution in [0, 0.1) is 13.8 Å². The first-order valence-electron chi connectivity index (χ1n) is 9.29. The van der Waals surface area contributed by atoms with Gasteiger partial charge in [0.2, 0.25) is 0 Å². The van der Waals surface area contributed by atoms with Crippen LogP contribution in [0.1, 0.15) is 22.3 Å². The Hall–Kier alpha value is -3.21. The Bertz CT molecular complexity index is 1140. The van der Waals surface area contributed by atoms with Gasteiger partial charge in [-0.3, -0.25) is 0 Å². The van der Waals surface area contributed by atoms with Crippen LogP contribution in [0.15, 0.2) is 55.0 Å². The molecule has 5 nitrogen and oxygen atoms in total. The minimum Gasteiger partial charge on any atom is -0.351 e. The van der Waals surface area contributed by atoms with E-state index in [4.69, 9.17) is 0 Å². The maximum Gasteiger partial charge on any atom is 0.168 e. The van der Waals surface area contributed by atoms with E-state index in [-0.39, 0.29) is 0 Å². The third-order valence-corrected chi connectivity index (χ3v) is 5.51. The Kier molecular flexibility index (Phi) is 3.67. The van der Waals surface area contributed by atoms with Gasteiger partial charge in [0.25, 0.3) is 0 Å². The molecule has 1 aliphatic rings. The molecule has 1 aliphatic heterocycles. The lowest BCUT2D eigenvalue weighted by Gasteiger charge is -2.29. The van der Waals surface area contributed by atoms with Crippen molar-refractivity contribution in [2.75, 3.05) is 11.4 Å². The SMILES string of the molecule is Cc1ccc(-n2ncc3c(N4CCc5ccccc5C4)ncnc32)cc1C. The minimum atomic E-state index is 0.849. The quantitative estimate of drug-likeness (QED) is 0.545. The average molecular weight is 355 g/mol. The highest BCUT2D eigenvalue weighted by atomic mass is 15.3. The molecule has 5 heteroatoms. The predicted molar refractivity (Wildman–Crippen MR) is 107 cm³/mol. The summed E-state index contributed by atoms with van der Waals surface area (Å²) in [5.41, 5.74) is 7.21. The summed E-state index contributed by atoms with van der Waals surface area (Å²) in [5, 5.41) is 5.62. The van der Waals surface area contributed by atoms with Crippen molar-refractivity contribution in [3.63, 3.8) is 0 Å². The van der Waals surface area contributed by atoms with Gasteiger partial charge in [-0.1, -0.05) is 30.3 Å². The Balaban J connectivity index is 1.57. The smallest absolute Gasteiger partial charge is 0.168 e. The molecule has 2 aromatic carbocycles. The van der Waals surface area contributed by atoms with Crippen LogP contribution in [0.3, 0.4) is 0 Å². The van der Waals surface area contributed by atoms with E-state index in [0.29, 0.717) is 0 Å². The lowest BCUT2D eigenvalue weighted by molar-refractivity contribution is 0.723. The van der Waals surface area contributed by atoms with E-state index < -0.39 is 0 Å². The number of nitrogens with zero attached hydrogens (tertiary/aromatic N) is 5. The summed E-state index contributed by atoms with van der Waals surface area (Å²) >= 11 is 0. The van der Waals surface area contributed by atoms with Crippen LogP contribution in [-0.2, 0) is 13.0 Å². The fourth-order valence-corrected chi connectivity index (χ4v) is 3.81. The van der Waals surface area contributed by atoms with Crippen LogP contribution in [0.2, 0.25) is 0 Å². The second kappa shape index (κ2) is 6.20. The Labute approximate surface area is 158 Å². The molecule has 0 unspecified atom stereocenters. The largest absolute Gasteiger partial charge is 0.351 e. The summed E-state index contributed by atoms with van der Waals surface area (Å²) in [7, 11) is 0. The zero-order valence-corrected chi connectivity index (χ0v) is 15.6. The number of benzene rings is 2. The lowest BCUT2D eigenvalue weighted by atomic mass is 10.00. The molecule has 0 aliphatic carbocycles. The maximum atomic E-state index is 4.62. The first-order valence-corrected chi connectivity index (χ1v) is 9.29. The van der Waals surface area contributed by atoms with Gasteiger partial charge >= 0.3 is 0 Å². The van der Waals surface area contributed by atoms with Crippen molar-refractivity contribution in [3.05, 3.63) is 77.2 Å². The van der Waals surface area contributed by atoms with Gasteiger partial charge < -0.3 is 4.90 Å². The molecule has 0 saturated carbocycles. The number of hydrogen-bond acceptors (Lipinski definition) is 4. The number of aryl methyl sites for hydroxylation is 2.